The van der Waals surface area contributed by atoms with Gasteiger partial charge in [-0.25, -0.2) is 9.78 Å². The highest BCUT2D eigenvalue weighted by Crippen LogP contribution is 2.29. The second kappa shape index (κ2) is 5.76. The Morgan fingerprint density at radius 1 is 1.43 bits per heavy atom. The highest BCUT2D eigenvalue weighted by Gasteiger charge is 2.16. The van der Waals surface area contributed by atoms with E-state index in [2.05, 4.69) is 4.98 Å². The molecule has 0 spiro atoms. The molecule has 1 aromatic carbocycles. The van der Waals surface area contributed by atoms with Crippen molar-refractivity contribution >= 4 is 23.3 Å². The molecule has 0 aliphatic carbocycles. The maximum absolute atomic E-state index is 11.1. The van der Waals surface area contributed by atoms with E-state index in [1.165, 1.54) is 31.2 Å². The van der Waals surface area contributed by atoms with Gasteiger partial charge in [0.25, 0.3) is 5.69 Å². The molecule has 21 heavy (non-hydrogen) atoms. The second-order valence-electron chi connectivity index (χ2n) is 4.11. The molecule has 0 amide bonds. The van der Waals surface area contributed by atoms with Crippen molar-refractivity contribution in [2.24, 2.45) is 0 Å². The Hall–Kier alpha value is -2.67. The van der Waals surface area contributed by atoms with Crippen LogP contribution >= 0.6 is 11.6 Å². The lowest BCUT2D eigenvalue weighted by atomic mass is 10.2. The topological polar surface area (TPSA) is 103 Å². The Balaban J connectivity index is 2.38. The zero-order valence-electron chi connectivity index (χ0n) is 10.7. The maximum atomic E-state index is 11.1. The minimum absolute atomic E-state index is 0.00996. The standard InChI is InChI=1S/C13H9ClN2O5/c1-7-4-12(15-6-10(7)16(19)20)21-11-5-8(14)2-3-9(11)13(17)18/h2-6H,1H3,(H,17,18). The molecule has 108 valence electrons. The van der Waals surface area contributed by atoms with Crippen LogP contribution in [0.15, 0.2) is 30.5 Å². The van der Waals surface area contributed by atoms with Crippen molar-refractivity contribution in [1.82, 2.24) is 4.98 Å². The fourth-order valence-corrected chi connectivity index (χ4v) is 1.80. The van der Waals surface area contributed by atoms with Crippen LogP contribution in [0, 0.1) is 17.0 Å². The number of ether oxygens (including phenoxy) is 1. The molecule has 0 bridgehead atoms. The van der Waals surface area contributed by atoms with Gasteiger partial charge in [0.1, 0.15) is 17.5 Å². The van der Waals surface area contributed by atoms with E-state index in [-0.39, 0.29) is 22.9 Å². The van der Waals surface area contributed by atoms with Crippen LogP contribution in [-0.2, 0) is 0 Å². The fraction of sp³-hybridized carbons (Fsp3) is 0.0769. The number of pyridine rings is 1. The molecule has 2 rings (SSSR count). The molecular weight excluding hydrogens is 300 g/mol. The van der Waals surface area contributed by atoms with Gasteiger partial charge in [-0.3, -0.25) is 10.1 Å². The summed E-state index contributed by atoms with van der Waals surface area (Å²) in [6.45, 7) is 1.53. The third kappa shape index (κ3) is 3.26. The number of carbonyl (C=O) groups is 1. The minimum Gasteiger partial charge on any atom is -0.478 e. The molecule has 0 aliphatic heterocycles. The molecule has 0 unspecified atom stereocenters. The Bertz CT molecular complexity index is 732. The SMILES string of the molecule is Cc1cc(Oc2cc(Cl)ccc2C(=O)O)ncc1[N+](=O)[O-]. The Kier molecular flexibility index (Phi) is 4.04. The van der Waals surface area contributed by atoms with Crippen molar-refractivity contribution < 1.29 is 19.6 Å². The lowest BCUT2D eigenvalue weighted by Gasteiger charge is -2.08. The van der Waals surface area contributed by atoms with Crippen molar-refractivity contribution in [3.63, 3.8) is 0 Å². The van der Waals surface area contributed by atoms with Gasteiger partial charge in [-0.2, -0.15) is 0 Å². The predicted octanol–water partition coefficient (Wildman–Crippen LogP) is 3.44. The molecular formula is C13H9ClN2O5. The van der Waals surface area contributed by atoms with Crippen LogP contribution < -0.4 is 4.74 Å². The van der Waals surface area contributed by atoms with Gasteiger partial charge in [0, 0.05) is 22.7 Å². The summed E-state index contributed by atoms with van der Waals surface area (Å²) in [5, 5.41) is 20.1. The van der Waals surface area contributed by atoms with Gasteiger partial charge < -0.3 is 9.84 Å². The maximum Gasteiger partial charge on any atom is 0.339 e. The number of nitrogens with zero attached hydrogens (tertiary/aromatic N) is 2. The van der Waals surface area contributed by atoms with Gasteiger partial charge in [-0.1, -0.05) is 11.6 Å². The first-order valence-electron chi connectivity index (χ1n) is 5.70. The highest BCUT2D eigenvalue weighted by molar-refractivity contribution is 6.30. The number of halogens is 1. The molecule has 0 fully saturated rings. The van der Waals surface area contributed by atoms with Crippen LogP contribution in [0.25, 0.3) is 0 Å². The number of benzene rings is 1. The van der Waals surface area contributed by atoms with E-state index in [4.69, 9.17) is 21.4 Å². The molecule has 0 radical (unpaired) electrons. The average Bonchev–Trinajstić information content (AvgIpc) is 2.37. The molecule has 0 saturated carbocycles. The van der Waals surface area contributed by atoms with Crippen molar-refractivity contribution in [2.45, 2.75) is 6.92 Å². The van der Waals surface area contributed by atoms with Crippen molar-refractivity contribution in [3.05, 3.63) is 56.7 Å². The van der Waals surface area contributed by atoms with Crippen LogP contribution in [0.1, 0.15) is 15.9 Å². The number of rotatable bonds is 4. The summed E-state index contributed by atoms with van der Waals surface area (Å²) in [5.41, 5.74) is 0.119. The molecule has 0 saturated heterocycles. The Labute approximate surface area is 123 Å². The van der Waals surface area contributed by atoms with E-state index >= 15 is 0 Å². The third-order valence-electron chi connectivity index (χ3n) is 2.64. The van der Waals surface area contributed by atoms with Crippen LogP contribution in [0.3, 0.4) is 0 Å². The van der Waals surface area contributed by atoms with E-state index in [9.17, 15) is 14.9 Å². The van der Waals surface area contributed by atoms with Crippen LogP contribution in [-0.4, -0.2) is 21.0 Å². The van der Waals surface area contributed by atoms with E-state index in [1.54, 1.807) is 0 Å². The zero-order chi connectivity index (χ0) is 15.6. The van der Waals surface area contributed by atoms with Crippen molar-refractivity contribution in [2.75, 3.05) is 0 Å². The monoisotopic (exact) mass is 308 g/mol. The summed E-state index contributed by atoms with van der Waals surface area (Å²) >= 11 is 5.80. The number of nitro groups is 1. The van der Waals surface area contributed by atoms with E-state index < -0.39 is 10.9 Å². The summed E-state index contributed by atoms with van der Waals surface area (Å²) in [6, 6.07) is 5.42. The molecule has 7 nitrogen and oxygen atoms in total. The normalized spacial score (nSPS) is 10.2. The number of carboxylic acids is 1. The Morgan fingerprint density at radius 3 is 2.71 bits per heavy atom. The number of aromatic carboxylic acids is 1. The molecule has 8 heteroatoms. The summed E-state index contributed by atoms with van der Waals surface area (Å²) in [5.74, 6) is -1.13. The first-order valence-corrected chi connectivity index (χ1v) is 6.08. The molecule has 0 atom stereocenters. The van der Waals surface area contributed by atoms with E-state index in [0.717, 1.165) is 6.20 Å². The Morgan fingerprint density at radius 2 is 2.14 bits per heavy atom. The zero-order valence-corrected chi connectivity index (χ0v) is 11.5. The fourth-order valence-electron chi connectivity index (χ4n) is 1.64. The molecule has 0 aliphatic rings. The van der Waals surface area contributed by atoms with Gasteiger partial charge in [-0.05, 0) is 19.1 Å². The summed E-state index contributed by atoms with van der Waals surface area (Å²) in [4.78, 5) is 25.0. The van der Waals surface area contributed by atoms with Crippen LogP contribution in [0.5, 0.6) is 11.6 Å². The number of carboxylic acid groups (broad SMARTS) is 1. The number of aryl methyl sites for hydroxylation is 1. The van der Waals surface area contributed by atoms with Gasteiger partial charge in [0.2, 0.25) is 5.88 Å². The summed E-state index contributed by atoms with van der Waals surface area (Å²) in [6.07, 6.45) is 1.05. The van der Waals surface area contributed by atoms with Crippen molar-refractivity contribution in [1.29, 1.82) is 0 Å². The van der Waals surface area contributed by atoms with Gasteiger partial charge in [0.15, 0.2) is 0 Å². The largest absolute Gasteiger partial charge is 0.478 e. The highest BCUT2D eigenvalue weighted by atomic mass is 35.5. The van der Waals surface area contributed by atoms with Crippen LogP contribution in [0.4, 0.5) is 5.69 Å². The minimum atomic E-state index is -1.18. The van der Waals surface area contributed by atoms with Crippen LogP contribution in [0.2, 0.25) is 5.02 Å². The molecule has 2 aromatic rings. The van der Waals surface area contributed by atoms with E-state index in [1.807, 2.05) is 0 Å². The number of hydrogen-bond donors (Lipinski definition) is 1. The smallest absolute Gasteiger partial charge is 0.339 e. The third-order valence-corrected chi connectivity index (χ3v) is 2.88. The molecule has 1 aromatic heterocycles. The quantitative estimate of drug-likeness (QED) is 0.685. The molecule has 1 N–H and O–H groups in total. The summed E-state index contributed by atoms with van der Waals surface area (Å²) in [7, 11) is 0. The molecule has 1 heterocycles. The van der Waals surface area contributed by atoms with Gasteiger partial charge >= 0.3 is 5.97 Å². The predicted molar refractivity (Wildman–Crippen MR) is 74.1 cm³/mol. The summed E-state index contributed by atoms with van der Waals surface area (Å²) < 4.78 is 5.37. The lowest BCUT2D eigenvalue weighted by Crippen LogP contribution is -2.01. The average molecular weight is 309 g/mol. The first-order chi connectivity index (χ1) is 9.88. The first kappa shape index (κ1) is 14.7. The second-order valence-corrected chi connectivity index (χ2v) is 4.55. The van der Waals surface area contributed by atoms with Crippen molar-refractivity contribution in [3.8, 4) is 11.6 Å². The lowest BCUT2D eigenvalue weighted by molar-refractivity contribution is -0.385. The van der Waals surface area contributed by atoms with E-state index in [0.29, 0.717) is 10.6 Å². The van der Waals surface area contributed by atoms with Gasteiger partial charge in [-0.15, -0.1) is 0 Å². The number of hydrogen-bond acceptors (Lipinski definition) is 5. The van der Waals surface area contributed by atoms with Gasteiger partial charge in [0.05, 0.1) is 4.92 Å². The number of aromatic nitrogens is 1.